The van der Waals surface area contributed by atoms with Crippen LogP contribution in [-0.4, -0.2) is 0 Å². The van der Waals surface area contributed by atoms with Gasteiger partial charge in [0.1, 0.15) is 11.5 Å². The normalized spacial score (nSPS) is 15.0. The Balaban J connectivity index is 1.31. The molecule has 9 rings (SSSR count). The Labute approximate surface area is 264 Å². The van der Waals surface area contributed by atoms with E-state index in [4.69, 9.17) is 4.74 Å². The maximum atomic E-state index is 6.55. The molecule has 1 aliphatic heterocycles. The molecule has 7 aromatic carbocycles. The van der Waals surface area contributed by atoms with Crippen LogP contribution in [0.25, 0.3) is 33.0 Å². The van der Waals surface area contributed by atoms with Crippen molar-refractivity contribution in [3.05, 3.63) is 191 Å². The van der Waals surface area contributed by atoms with Gasteiger partial charge in [-0.3, -0.25) is 0 Å². The number of ether oxygens (including phenoxy) is 1. The zero-order valence-electron chi connectivity index (χ0n) is 25.4. The van der Waals surface area contributed by atoms with Gasteiger partial charge in [-0.25, -0.2) is 0 Å². The minimum atomic E-state index is -0.476. The average Bonchev–Trinajstić information content (AvgIpc) is 3.40. The van der Waals surface area contributed by atoms with E-state index in [0.29, 0.717) is 0 Å². The lowest BCUT2D eigenvalue weighted by atomic mass is 9.66. The summed E-state index contributed by atoms with van der Waals surface area (Å²) >= 11 is 0. The second-order valence-corrected chi connectivity index (χ2v) is 12.9. The van der Waals surface area contributed by atoms with Crippen LogP contribution < -0.4 is 4.74 Å². The molecule has 1 aliphatic carbocycles. The molecular weight excluding hydrogens is 544 g/mol. The van der Waals surface area contributed by atoms with Crippen LogP contribution in [0.1, 0.15) is 47.2 Å². The quantitative estimate of drug-likeness (QED) is 0.203. The van der Waals surface area contributed by atoms with E-state index >= 15 is 0 Å². The summed E-state index contributed by atoms with van der Waals surface area (Å²) in [6.45, 7) is 4.58. The lowest BCUT2D eigenvalue weighted by molar-refractivity contribution is 0.418. The average molecular weight is 577 g/mol. The third-order valence-electron chi connectivity index (χ3n) is 10.2. The standard InChI is InChI=1S/C44H32O/c1-43(2)37-19-11-12-20-40(37)45-41-28-31(23-26-38(41)43)30-22-24-35-36-25-21-29-13-9-10-18-34(29)42(36)44(39(35)27-30,32-14-5-3-6-15-32)33-16-7-4-8-17-33/h3-28H,1-2H3. The third kappa shape index (κ3) is 3.61. The van der Waals surface area contributed by atoms with Gasteiger partial charge in [-0.05, 0) is 73.5 Å². The van der Waals surface area contributed by atoms with Crippen molar-refractivity contribution in [3.8, 4) is 33.8 Å². The molecule has 0 fully saturated rings. The largest absolute Gasteiger partial charge is 0.457 e. The second-order valence-electron chi connectivity index (χ2n) is 12.9. The van der Waals surface area contributed by atoms with Crippen molar-refractivity contribution < 1.29 is 4.74 Å². The smallest absolute Gasteiger partial charge is 0.132 e. The van der Waals surface area contributed by atoms with Crippen molar-refractivity contribution in [2.45, 2.75) is 24.7 Å². The van der Waals surface area contributed by atoms with Gasteiger partial charge in [0.05, 0.1) is 5.41 Å². The van der Waals surface area contributed by atoms with Crippen molar-refractivity contribution in [1.29, 1.82) is 0 Å². The molecule has 1 heterocycles. The summed E-state index contributed by atoms with van der Waals surface area (Å²) < 4.78 is 6.55. The molecule has 0 atom stereocenters. The fraction of sp³-hybridized carbons (Fsp3) is 0.0909. The molecule has 214 valence electrons. The zero-order chi connectivity index (χ0) is 30.2. The summed E-state index contributed by atoms with van der Waals surface area (Å²) in [6.07, 6.45) is 0. The first-order valence-electron chi connectivity index (χ1n) is 15.8. The fourth-order valence-electron chi connectivity index (χ4n) is 8.08. The van der Waals surface area contributed by atoms with Crippen molar-refractivity contribution in [3.63, 3.8) is 0 Å². The van der Waals surface area contributed by atoms with E-state index in [1.54, 1.807) is 0 Å². The van der Waals surface area contributed by atoms with Crippen LogP contribution in [0.15, 0.2) is 158 Å². The molecular formula is C44H32O. The van der Waals surface area contributed by atoms with E-state index in [0.717, 1.165) is 17.1 Å². The van der Waals surface area contributed by atoms with E-state index < -0.39 is 5.41 Å². The summed E-state index contributed by atoms with van der Waals surface area (Å²) in [4.78, 5) is 0. The van der Waals surface area contributed by atoms with Gasteiger partial charge in [0, 0.05) is 16.5 Å². The monoisotopic (exact) mass is 576 g/mol. The first kappa shape index (κ1) is 26.0. The Kier molecular flexibility index (Phi) is 5.53. The molecule has 0 unspecified atom stereocenters. The molecule has 0 spiro atoms. The minimum absolute atomic E-state index is 0.140. The minimum Gasteiger partial charge on any atom is -0.457 e. The maximum Gasteiger partial charge on any atom is 0.132 e. The molecule has 7 aromatic rings. The summed E-state index contributed by atoms with van der Waals surface area (Å²) in [6, 6.07) is 57.8. The van der Waals surface area contributed by atoms with Crippen LogP contribution >= 0.6 is 0 Å². The number of benzene rings is 7. The van der Waals surface area contributed by atoms with Gasteiger partial charge in [0.25, 0.3) is 0 Å². The van der Waals surface area contributed by atoms with E-state index in [9.17, 15) is 0 Å². The van der Waals surface area contributed by atoms with Gasteiger partial charge in [-0.1, -0.05) is 153 Å². The molecule has 0 aromatic heterocycles. The summed E-state index contributed by atoms with van der Waals surface area (Å²) in [5, 5.41) is 2.55. The van der Waals surface area contributed by atoms with Crippen LogP contribution in [0.2, 0.25) is 0 Å². The zero-order valence-corrected chi connectivity index (χ0v) is 25.4. The van der Waals surface area contributed by atoms with Gasteiger partial charge >= 0.3 is 0 Å². The topological polar surface area (TPSA) is 9.23 Å². The molecule has 45 heavy (non-hydrogen) atoms. The highest BCUT2D eigenvalue weighted by Crippen LogP contribution is 2.59. The highest BCUT2D eigenvalue weighted by atomic mass is 16.5. The molecule has 0 saturated carbocycles. The fourth-order valence-corrected chi connectivity index (χ4v) is 8.08. The summed E-state index contributed by atoms with van der Waals surface area (Å²) in [7, 11) is 0. The third-order valence-corrected chi connectivity index (χ3v) is 10.2. The summed E-state index contributed by atoms with van der Waals surface area (Å²) in [5.74, 6) is 1.87. The van der Waals surface area contributed by atoms with Crippen LogP contribution in [0.3, 0.4) is 0 Å². The molecule has 1 nitrogen and oxygen atoms in total. The molecule has 0 saturated heterocycles. The lowest BCUT2D eigenvalue weighted by Crippen LogP contribution is -2.28. The van der Waals surface area contributed by atoms with Crippen molar-refractivity contribution in [2.75, 3.05) is 0 Å². The Morgan fingerprint density at radius 2 is 1.04 bits per heavy atom. The predicted octanol–water partition coefficient (Wildman–Crippen LogP) is 11.3. The first-order chi connectivity index (χ1) is 22.1. The number of fused-ring (bicyclic) bond motifs is 7. The highest BCUT2D eigenvalue weighted by Gasteiger charge is 2.47. The highest BCUT2D eigenvalue weighted by molar-refractivity contribution is 6.00. The van der Waals surface area contributed by atoms with Crippen LogP contribution in [-0.2, 0) is 10.8 Å². The molecule has 2 aliphatic rings. The first-order valence-corrected chi connectivity index (χ1v) is 15.8. The van der Waals surface area contributed by atoms with Crippen molar-refractivity contribution in [2.24, 2.45) is 0 Å². The predicted molar refractivity (Wildman–Crippen MR) is 185 cm³/mol. The Bertz CT molecular complexity index is 2220. The van der Waals surface area contributed by atoms with Crippen LogP contribution in [0, 0.1) is 0 Å². The molecule has 1 heteroatoms. The Hall–Kier alpha value is -5.40. The van der Waals surface area contributed by atoms with Gasteiger partial charge in [0.15, 0.2) is 0 Å². The lowest BCUT2D eigenvalue weighted by Gasteiger charge is -2.35. The van der Waals surface area contributed by atoms with Gasteiger partial charge in [-0.15, -0.1) is 0 Å². The van der Waals surface area contributed by atoms with Crippen LogP contribution in [0.4, 0.5) is 0 Å². The molecule has 0 bridgehead atoms. The van der Waals surface area contributed by atoms with Crippen molar-refractivity contribution in [1.82, 2.24) is 0 Å². The van der Waals surface area contributed by atoms with Crippen molar-refractivity contribution >= 4 is 10.8 Å². The van der Waals surface area contributed by atoms with Gasteiger partial charge < -0.3 is 4.74 Å². The van der Waals surface area contributed by atoms with Gasteiger partial charge in [-0.2, -0.15) is 0 Å². The molecule has 0 amide bonds. The Morgan fingerprint density at radius 1 is 0.444 bits per heavy atom. The number of para-hydroxylation sites is 1. The SMILES string of the molecule is CC1(C)c2ccccc2Oc2cc(-c3ccc4c(c3)C(c3ccccc3)(c3ccccc3)c3c-4ccc4ccccc34)ccc21. The number of hydrogen-bond donors (Lipinski definition) is 0. The maximum absolute atomic E-state index is 6.55. The van der Waals surface area contributed by atoms with E-state index in [1.165, 1.54) is 60.8 Å². The van der Waals surface area contributed by atoms with E-state index in [1.807, 2.05) is 0 Å². The number of rotatable bonds is 3. The summed E-state index contributed by atoms with van der Waals surface area (Å²) in [5.41, 5.74) is 12.0. The van der Waals surface area contributed by atoms with E-state index in [2.05, 4.69) is 172 Å². The van der Waals surface area contributed by atoms with Gasteiger partial charge in [0.2, 0.25) is 0 Å². The Morgan fingerprint density at radius 3 is 1.82 bits per heavy atom. The van der Waals surface area contributed by atoms with Crippen LogP contribution in [0.5, 0.6) is 11.5 Å². The second kappa shape index (κ2) is 9.55. The molecule has 0 N–H and O–H groups in total. The number of hydrogen-bond acceptors (Lipinski definition) is 1. The molecule has 0 radical (unpaired) electrons. The van der Waals surface area contributed by atoms with E-state index in [-0.39, 0.29) is 5.41 Å².